The zero-order valence-electron chi connectivity index (χ0n) is 13.9. The van der Waals surface area contributed by atoms with E-state index in [9.17, 15) is 0 Å². The minimum absolute atomic E-state index is 0.568. The van der Waals surface area contributed by atoms with Crippen LogP contribution in [0.25, 0.3) is 0 Å². The fraction of sp³-hybridized carbons (Fsp3) is 0.611. The van der Waals surface area contributed by atoms with E-state index < -0.39 is 0 Å². The van der Waals surface area contributed by atoms with Crippen LogP contribution in [-0.4, -0.2) is 25.7 Å². The summed E-state index contributed by atoms with van der Waals surface area (Å²) in [5, 5.41) is 6.98. The van der Waals surface area contributed by atoms with Crippen LogP contribution in [0.5, 0.6) is 0 Å². The summed E-state index contributed by atoms with van der Waals surface area (Å²) in [7, 11) is 1.84. The van der Waals surface area contributed by atoms with E-state index >= 15 is 0 Å². The van der Waals surface area contributed by atoms with E-state index in [4.69, 9.17) is 4.74 Å². The van der Waals surface area contributed by atoms with Gasteiger partial charge in [0.05, 0.1) is 6.61 Å². The van der Waals surface area contributed by atoms with Crippen LogP contribution in [0.1, 0.15) is 50.2 Å². The first-order valence-corrected chi connectivity index (χ1v) is 8.45. The monoisotopic (exact) mass is 303 g/mol. The number of ether oxygens (including phenoxy) is 1. The van der Waals surface area contributed by atoms with Gasteiger partial charge in [0.2, 0.25) is 0 Å². The van der Waals surface area contributed by atoms with Crippen LogP contribution < -0.4 is 10.6 Å². The molecule has 0 bridgehead atoms. The minimum atomic E-state index is 0.568. The van der Waals surface area contributed by atoms with E-state index in [-0.39, 0.29) is 0 Å². The summed E-state index contributed by atoms with van der Waals surface area (Å²) in [5.41, 5.74) is 2.51. The molecule has 1 aromatic carbocycles. The van der Waals surface area contributed by atoms with Crippen molar-refractivity contribution in [1.82, 2.24) is 10.6 Å². The molecule has 2 N–H and O–H groups in total. The third-order valence-electron chi connectivity index (χ3n) is 4.20. The van der Waals surface area contributed by atoms with Crippen LogP contribution in [-0.2, 0) is 17.9 Å². The van der Waals surface area contributed by atoms with E-state index in [0.717, 1.165) is 19.1 Å². The molecule has 22 heavy (non-hydrogen) atoms. The van der Waals surface area contributed by atoms with Crippen molar-refractivity contribution >= 4 is 5.96 Å². The third kappa shape index (κ3) is 5.34. The van der Waals surface area contributed by atoms with Crippen molar-refractivity contribution in [3.05, 3.63) is 35.4 Å². The van der Waals surface area contributed by atoms with Crippen molar-refractivity contribution in [3.8, 4) is 0 Å². The summed E-state index contributed by atoms with van der Waals surface area (Å²) in [5.74, 6) is 0.901. The number of hydrogen-bond acceptors (Lipinski definition) is 2. The average Bonchev–Trinajstić information content (AvgIpc) is 2.58. The van der Waals surface area contributed by atoms with Crippen LogP contribution >= 0.6 is 0 Å². The quantitative estimate of drug-likeness (QED) is 0.626. The summed E-state index contributed by atoms with van der Waals surface area (Å²) in [6.45, 7) is 4.21. The number of benzene rings is 1. The summed E-state index contributed by atoms with van der Waals surface area (Å²) in [6, 6.07) is 8.98. The van der Waals surface area contributed by atoms with Gasteiger partial charge in [0.25, 0.3) is 0 Å². The summed E-state index contributed by atoms with van der Waals surface area (Å²) >= 11 is 0. The number of guanidine groups is 1. The number of rotatable bonds is 6. The SMILES string of the molecule is CCOCc1ccccc1CNC(=NC)NC1CCCCC1. The molecule has 2 rings (SSSR count). The van der Waals surface area contributed by atoms with Gasteiger partial charge in [0.1, 0.15) is 0 Å². The molecule has 0 amide bonds. The van der Waals surface area contributed by atoms with Crippen molar-refractivity contribution in [2.75, 3.05) is 13.7 Å². The molecule has 4 heteroatoms. The second-order valence-electron chi connectivity index (χ2n) is 5.81. The molecule has 0 aliphatic heterocycles. The smallest absolute Gasteiger partial charge is 0.191 e. The standard InChI is InChI=1S/C18H29N3O/c1-3-22-14-16-10-8-7-9-15(16)13-20-18(19-2)21-17-11-5-4-6-12-17/h7-10,17H,3-6,11-14H2,1-2H3,(H2,19,20,21). The predicted molar refractivity (Wildman–Crippen MR) is 92.0 cm³/mol. The Bertz CT molecular complexity index is 467. The Morgan fingerprint density at radius 3 is 2.59 bits per heavy atom. The van der Waals surface area contributed by atoms with Gasteiger partial charge in [-0.3, -0.25) is 4.99 Å². The van der Waals surface area contributed by atoms with E-state index in [2.05, 4.69) is 39.9 Å². The average molecular weight is 303 g/mol. The third-order valence-corrected chi connectivity index (χ3v) is 4.20. The fourth-order valence-corrected chi connectivity index (χ4v) is 2.90. The second-order valence-corrected chi connectivity index (χ2v) is 5.81. The molecule has 0 saturated heterocycles. The van der Waals surface area contributed by atoms with E-state index in [0.29, 0.717) is 12.6 Å². The maximum Gasteiger partial charge on any atom is 0.191 e. The predicted octanol–water partition coefficient (Wildman–Crippen LogP) is 3.22. The Morgan fingerprint density at radius 2 is 1.91 bits per heavy atom. The lowest BCUT2D eigenvalue weighted by Crippen LogP contribution is -2.43. The van der Waals surface area contributed by atoms with E-state index in [1.165, 1.54) is 43.2 Å². The van der Waals surface area contributed by atoms with Gasteiger partial charge in [0.15, 0.2) is 5.96 Å². The van der Waals surface area contributed by atoms with Gasteiger partial charge >= 0.3 is 0 Å². The van der Waals surface area contributed by atoms with Gasteiger partial charge in [-0.2, -0.15) is 0 Å². The van der Waals surface area contributed by atoms with Crippen molar-refractivity contribution < 1.29 is 4.74 Å². The fourth-order valence-electron chi connectivity index (χ4n) is 2.90. The maximum absolute atomic E-state index is 5.54. The van der Waals surface area contributed by atoms with E-state index in [1.807, 2.05) is 14.0 Å². The highest BCUT2D eigenvalue weighted by molar-refractivity contribution is 5.80. The molecule has 1 saturated carbocycles. The van der Waals surface area contributed by atoms with Crippen LogP contribution in [0, 0.1) is 0 Å². The number of hydrogen-bond donors (Lipinski definition) is 2. The molecule has 1 aliphatic carbocycles. The molecule has 1 aliphatic rings. The molecule has 0 spiro atoms. The summed E-state index contributed by atoms with van der Waals surface area (Å²) in [4.78, 5) is 4.35. The van der Waals surface area contributed by atoms with Crippen molar-refractivity contribution in [2.24, 2.45) is 4.99 Å². The van der Waals surface area contributed by atoms with Gasteiger partial charge in [-0.1, -0.05) is 43.5 Å². The highest BCUT2D eigenvalue weighted by atomic mass is 16.5. The number of nitrogens with zero attached hydrogens (tertiary/aromatic N) is 1. The Balaban J connectivity index is 1.87. The Morgan fingerprint density at radius 1 is 1.18 bits per heavy atom. The first-order valence-electron chi connectivity index (χ1n) is 8.45. The first-order chi connectivity index (χ1) is 10.8. The molecule has 1 fully saturated rings. The van der Waals surface area contributed by atoms with Gasteiger partial charge in [0, 0.05) is 26.2 Å². The lowest BCUT2D eigenvalue weighted by molar-refractivity contribution is 0.133. The van der Waals surface area contributed by atoms with Crippen LogP contribution in [0.15, 0.2) is 29.3 Å². The highest BCUT2D eigenvalue weighted by Gasteiger charge is 2.14. The minimum Gasteiger partial charge on any atom is -0.377 e. The maximum atomic E-state index is 5.54. The molecular weight excluding hydrogens is 274 g/mol. The molecule has 0 atom stereocenters. The lowest BCUT2D eigenvalue weighted by atomic mass is 9.96. The van der Waals surface area contributed by atoms with Gasteiger partial charge in [-0.25, -0.2) is 0 Å². The normalized spacial score (nSPS) is 16.5. The molecule has 0 aromatic heterocycles. The summed E-state index contributed by atoms with van der Waals surface area (Å²) in [6.07, 6.45) is 6.52. The van der Waals surface area contributed by atoms with Crippen molar-refractivity contribution in [3.63, 3.8) is 0 Å². The second kappa shape index (κ2) is 9.46. The zero-order valence-corrected chi connectivity index (χ0v) is 13.9. The molecule has 0 radical (unpaired) electrons. The van der Waals surface area contributed by atoms with Crippen LogP contribution in [0.3, 0.4) is 0 Å². The molecule has 122 valence electrons. The Hall–Kier alpha value is -1.55. The van der Waals surface area contributed by atoms with Gasteiger partial charge < -0.3 is 15.4 Å². The van der Waals surface area contributed by atoms with Crippen molar-refractivity contribution in [2.45, 2.75) is 58.2 Å². The van der Waals surface area contributed by atoms with Gasteiger partial charge in [-0.15, -0.1) is 0 Å². The lowest BCUT2D eigenvalue weighted by Gasteiger charge is -2.25. The van der Waals surface area contributed by atoms with E-state index in [1.54, 1.807) is 0 Å². The largest absolute Gasteiger partial charge is 0.377 e. The molecular formula is C18H29N3O. The molecule has 0 heterocycles. The topological polar surface area (TPSA) is 45.6 Å². The van der Waals surface area contributed by atoms with Crippen molar-refractivity contribution in [1.29, 1.82) is 0 Å². The number of nitrogens with one attached hydrogen (secondary N) is 2. The Labute approximate surface area is 134 Å². The van der Waals surface area contributed by atoms with Crippen LogP contribution in [0.4, 0.5) is 0 Å². The Kier molecular flexibility index (Phi) is 7.23. The molecule has 0 unspecified atom stereocenters. The van der Waals surface area contributed by atoms with Gasteiger partial charge in [-0.05, 0) is 30.9 Å². The van der Waals surface area contributed by atoms with Crippen LogP contribution in [0.2, 0.25) is 0 Å². The number of aliphatic imine (C=N–C) groups is 1. The zero-order chi connectivity index (χ0) is 15.6. The molecule has 1 aromatic rings. The summed E-state index contributed by atoms with van der Waals surface area (Å²) < 4.78 is 5.54. The molecule has 4 nitrogen and oxygen atoms in total. The highest BCUT2D eigenvalue weighted by Crippen LogP contribution is 2.17. The first kappa shape index (κ1) is 16.8.